The van der Waals surface area contributed by atoms with Gasteiger partial charge in [0.1, 0.15) is 0 Å². The highest BCUT2D eigenvalue weighted by molar-refractivity contribution is 7.99. The zero-order chi connectivity index (χ0) is 13.7. The van der Waals surface area contributed by atoms with Crippen LogP contribution in [0.4, 0.5) is 0 Å². The summed E-state index contributed by atoms with van der Waals surface area (Å²) in [6.07, 6.45) is 2.63. The minimum atomic E-state index is 0.750. The van der Waals surface area contributed by atoms with E-state index in [0.717, 1.165) is 24.3 Å². The molecule has 0 spiro atoms. The minimum Gasteiger partial charge on any atom is -0.316 e. The number of benzene rings is 1. The quantitative estimate of drug-likeness (QED) is 0.785. The third-order valence-electron chi connectivity index (χ3n) is 3.98. The van der Waals surface area contributed by atoms with Gasteiger partial charge in [-0.2, -0.15) is 0 Å². The zero-order valence-corrected chi connectivity index (χ0v) is 13.3. The Bertz CT molecular complexity index is 389. The number of rotatable bonds is 7. The Hall–Kier alpha value is -0.470. The van der Waals surface area contributed by atoms with Crippen molar-refractivity contribution in [2.45, 2.75) is 44.4 Å². The van der Waals surface area contributed by atoms with Gasteiger partial charge in [0.25, 0.3) is 0 Å². The van der Waals surface area contributed by atoms with Gasteiger partial charge in [-0.15, -0.1) is 11.8 Å². The molecular formula is C17H27NS. The zero-order valence-electron chi connectivity index (χ0n) is 12.5. The maximum atomic E-state index is 3.63. The molecule has 1 nitrogen and oxygen atoms in total. The normalized spacial score (nSPS) is 19.7. The van der Waals surface area contributed by atoms with E-state index in [2.05, 4.69) is 50.4 Å². The summed E-state index contributed by atoms with van der Waals surface area (Å²) < 4.78 is 0. The van der Waals surface area contributed by atoms with Gasteiger partial charge in [0.05, 0.1) is 0 Å². The molecule has 2 unspecified atom stereocenters. The Morgan fingerprint density at radius 2 is 2.05 bits per heavy atom. The first-order valence-corrected chi connectivity index (χ1v) is 8.61. The van der Waals surface area contributed by atoms with Crippen LogP contribution in [0.1, 0.15) is 45.1 Å². The van der Waals surface area contributed by atoms with E-state index in [1.807, 2.05) is 11.8 Å². The van der Waals surface area contributed by atoms with Gasteiger partial charge >= 0.3 is 0 Å². The fourth-order valence-corrected chi connectivity index (χ4v) is 4.07. The van der Waals surface area contributed by atoms with Crippen LogP contribution in [0.2, 0.25) is 0 Å². The summed E-state index contributed by atoms with van der Waals surface area (Å²) in [5.41, 5.74) is 1.59. The van der Waals surface area contributed by atoms with Crippen molar-refractivity contribution in [2.24, 2.45) is 11.8 Å². The monoisotopic (exact) mass is 277 g/mol. The van der Waals surface area contributed by atoms with Crippen molar-refractivity contribution in [3.8, 4) is 0 Å². The van der Waals surface area contributed by atoms with Crippen molar-refractivity contribution < 1.29 is 0 Å². The number of hydrogen-bond donors (Lipinski definition) is 1. The molecule has 1 aromatic rings. The number of thioether (sulfide) groups is 1. The Kier molecular flexibility index (Phi) is 5.77. The molecule has 106 valence electrons. The molecule has 1 N–H and O–H groups in total. The molecule has 0 fully saturated rings. The second kappa shape index (κ2) is 7.35. The van der Waals surface area contributed by atoms with E-state index in [9.17, 15) is 0 Å². The first kappa shape index (κ1) is 14.9. The highest BCUT2D eigenvalue weighted by Gasteiger charge is 2.24. The van der Waals surface area contributed by atoms with Gasteiger partial charge in [0.2, 0.25) is 0 Å². The largest absolute Gasteiger partial charge is 0.316 e. The molecule has 1 aliphatic heterocycles. The lowest BCUT2D eigenvalue weighted by Gasteiger charge is -2.20. The summed E-state index contributed by atoms with van der Waals surface area (Å²) in [6, 6.07) is 8.96. The van der Waals surface area contributed by atoms with Crippen molar-refractivity contribution in [3.05, 3.63) is 29.8 Å². The maximum absolute atomic E-state index is 3.63. The molecule has 0 saturated carbocycles. The van der Waals surface area contributed by atoms with Crippen LogP contribution in [0.25, 0.3) is 0 Å². The third-order valence-corrected chi connectivity index (χ3v) is 5.23. The molecule has 1 aliphatic rings. The van der Waals surface area contributed by atoms with Crippen molar-refractivity contribution >= 4 is 11.8 Å². The molecule has 1 heterocycles. The average Bonchev–Trinajstić information content (AvgIpc) is 2.80. The molecule has 0 radical (unpaired) electrons. The van der Waals surface area contributed by atoms with Crippen molar-refractivity contribution in [3.63, 3.8) is 0 Å². The van der Waals surface area contributed by atoms with Crippen LogP contribution in [0.3, 0.4) is 0 Å². The first-order chi connectivity index (χ1) is 9.20. The highest BCUT2D eigenvalue weighted by atomic mass is 32.2. The fraction of sp³-hybridized carbons (Fsp3) is 0.647. The van der Waals surface area contributed by atoms with Crippen molar-refractivity contribution in [2.75, 3.05) is 18.8 Å². The second-order valence-electron chi connectivity index (χ2n) is 6.11. The van der Waals surface area contributed by atoms with Gasteiger partial charge in [-0.05, 0) is 48.9 Å². The molecule has 2 rings (SSSR count). The maximum Gasteiger partial charge on any atom is 0.0107 e. The van der Waals surface area contributed by atoms with Crippen LogP contribution in [0.15, 0.2) is 29.2 Å². The first-order valence-electron chi connectivity index (χ1n) is 7.63. The third kappa shape index (κ3) is 4.25. The molecule has 2 atom stereocenters. The lowest BCUT2D eigenvalue weighted by molar-refractivity contribution is 0.396. The molecular weight excluding hydrogens is 250 g/mol. The van der Waals surface area contributed by atoms with Gasteiger partial charge in [-0.3, -0.25) is 0 Å². The number of fused-ring (bicyclic) bond motifs is 1. The van der Waals surface area contributed by atoms with Gasteiger partial charge < -0.3 is 5.32 Å². The van der Waals surface area contributed by atoms with Crippen molar-refractivity contribution in [1.82, 2.24) is 5.32 Å². The highest BCUT2D eigenvalue weighted by Crippen LogP contribution is 2.42. The summed E-state index contributed by atoms with van der Waals surface area (Å²) in [5.74, 6) is 3.61. The lowest BCUT2D eigenvalue weighted by Crippen LogP contribution is -2.27. The number of nitrogens with one attached hydrogen (secondary N) is 1. The van der Waals surface area contributed by atoms with Gasteiger partial charge in [-0.1, -0.05) is 45.4 Å². The van der Waals surface area contributed by atoms with E-state index in [-0.39, 0.29) is 0 Å². The molecule has 0 amide bonds. The molecule has 0 saturated heterocycles. The molecule has 0 aliphatic carbocycles. The van der Waals surface area contributed by atoms with E-state index >= 15 is 0 Å². The van der Waals surface area contributed by atoms with E-state index in [1.165, 1.54) is 30.0 Å². The smallest absolute Gasteiger partial charge is 0.0107 e. The van der Waals surface area contributed by atoms with E-state index < -0.39 is 0 Å². The van der Waals surface area contributed by atoms with Crippen LogP contribution in [-0.2, 0) is 0 Å². The van der Waals surface area contributed by atoms with E-state index in [1.54, 1.807) is 5.56 Å². The average molecular weight is 277 g/mol. The Morgan fingerprint density at radius 1 is 1.26 bits per heavy atom. The van der Waals surface area contributed by atoms with Crippen LogP contribution in [0.5, 0.6) is 0 Å². The Morgan fingerprint density at radius 3 is 2.79 bits per heavy atom. The molecule has 2 heteroatoms. The fourth-order valence-electron chi connectivity index (χ4n) is 2.80. The molecule has 19 heavy (non-hydrogen) atoms. The van der Waals surface area contributed by atoms with Crippen molar-refractivity contribution in [1.29, 1.82) is 0 Å². The second-order valence-corrected chi connectivity index (χ2v) is 7.17. The Labute approximate surface area is 122 Å². The van der Waals surface area contributed by atoms with Crippen LogP contribution in [-0.4, -0.2) is 18.8 Å². The van der Waals surface area contributed by atoms with Gasteiger partial charge in [0, 0.05) is 10.6 Å². The standard InChI is InChI=1S/C17H27NS/c1-4-14(11-18-10-13(2)3)9-15-12-19-17-8-6-5-7-16(15)17/h5-8,13-15,18H,4,9-12H2,1-3H3. The summed E-state index contributed by atoms with van der Waals surface area (Å²) >= 11 is 2.04. The van der Waals surface area contributed by atoms with Crippen LogP contribution >= 0.6 is 11.8 Å². The lowest BCUT2D eigenvalue weighted by atomic mass is 9.89. The van der Waals surface area contributed by atoms with E-state index in [4.69, 9.17) is 0 Å². The minimum absolute atomic E-state index is 0.750. The SMILES string of the molecule is CCC(CNCC(C)C)CC1CSc2ccccc21. The number of hydrogen-bond acceptors (Lipinski definition) is 2. The van der Waals surface area contributed by atoms with Gasteiger partial charge in [0.15, 0.2) is 0 Å². The van der Waals surface area contributed by atoms with Crippen LogP contribution in [0, 0.1) is 11.8 Å². The summed E-state index contributed by atoms with van der Waals surface area (Å²) in [5, 5.41) is 3.63. The molecule has 0 aromatic heterocycles. The Balaban J connectivity index is 1.86. The molecule has 0 bridgehead atoms. The van der Waals surface area contributed by atoms with Crippen LogP contribution < -0.4 is 5.32 Å². The summed E-state index contributed by atoms with van der Waals surface area (Å²) in [6.45, 7) is 9.20. The summed E-state index contributed by atoms with van der Waals surface area (Å²) in [4.78, 5) is 1.51. The van der Waals surface area contributed by atoms with Gasteiger partial charge in [-0.25, -0.2) is 0 Å². The molecule has 1 aromatic carbocycles. The van der Waals surface area contributed by atoms with E-state index in [0.29, 0.717) is 0 Å². The predicted molar refractivity (Wildman–Crippen MR) is 86.0 cm³/mol. The topological polar surface area (TPSA) is 12.0 Å². The summed E-state index contributed by atoms with van der Waals surface area (Å²) in [7, 11) is 0. The predicted octanol–water partition coefficient (Wildman–Crippen LogP) is 4.54.